The van der Waals surface area contributed by atoms with E-state index in [0.717, 1.165) is 64.2 Å². The van der Waals surface area contributed by atoms with Crippen molar-refractivity contribution in [1.29, 1.82) is 0 Å². The van der Waals surface area contributed by atoms with Crippen LogP contribution in [0, 0.1) is 0 Å². The SMILES string of the molecule is CCCCCCCC/C=C\CCCCCCCC(=O)OCCN(C(=O)CCCCCCCCCCCCC)C(=O)CCCCCCCCCCCCC. The zero-order valence-electron chi connectivity index (χ0n) is 36.0. The number of carbonyl (C=O) groups excluding carboxylic acids is 3. The Morgan fingerprint density at radius 2 is 0.660 bits per heavy atom. The molecule has 5 nitrogen and oxygen atoms in total. The summed E-state index contributed by atoms with van der Waals surface area (Å²) in [5.74, 6) is -0.400. The fraction of sp³-hybridized carbons (Fsp3) is 0.896. The van der Waals surface area contributed by atoms with E-state index in [1.165, 1.54) is 165 Å². The van der Waals surface area contributed by atoms with Gasteiger partial charge in [0.2, 0.25) is 11.8 Å². The first-order valence-corrected chi connectivity index (χ1v) is 23.7. The van der Waals surface area contributed by atoms with E-state index >= 15 is 0 Å². The van der Waals surface area contributed by atoms with Gasteiger partial charge in [-0.3, -0.25) is 19.3 Å². The largest absolute Gasteiger partial charge is 0.464 e. The first-order chi connectivity index (χ1) is 26.1. The van der Waals surface area contributed by atoms with Gasteiger partial charge in [-0.05, 0) is 44.9 Å². The number of esters is 1. The first kappa shape index (κ1) is 51.4. The Hall–Kier alpha value is -1.65. The van der Waals surface area contributed by atoms with Gasteiger partial charge in [-0.25, -0.2) is 0 Å². The zero-order valence-corrected chi connectivity index (χ0v) is 36.0. The smallest absolute Gasteiger partial charge is 0.305 e. The number of carbonyl (C=O) groups is 3. The lowest BCUT2D eigenvalue weighted by Gasteiger charge is -2.21. The highest BCUT2D eigenvalue weighted by Crippen LogP contribution is 2.16. The lowest BCUT2D eigenvalue weighted by atomic mass is 10.0. The molecule has 2 amide bonds. The molecule has 0 N–H and O–H groups in total. The molecule has 0 bridgehead atoms. The third kappa shape index (κ3) is 38.4. The maximum atomic E-state index is 13.2. The highest BCUT2D eigenvalue weighted by molar-refractivity contribution is 5.95. The highest BCUT2D eigenvalue weighted by atomic mass is 16.5. The van der Waals surface area contributed by atoms with Crippen LogP contribution in [-0.2, 0) is 19.1 Å². The molecule has 0 aliphatic rings. The molecule has 0 rings (SSSR count). The second-order valence-corrected chi connectivity index (χ2v) is 16.1. The molecule has 0 radical (unpaired) electrons. The van der Waals surface area contributed by atoms with Crippen molar-refractivity contribution >= 4 is 17.8 Å². The van der Waals surface area contributed by atoms with Crippen LogP contribution in [0.15, 0.2) is 12.2 Å². The highest BCUT2D eigenvalue weighted by Gasteiger charge is 2.21. The van der Waals surface area contributed by atoms with Gasteiger partial charge in [-0.1, -0.05) is 213 Å². The normalized spacial score (nSPS) is 11.5. The molecule has 0 spiro atoms. The minimum absolute atomic E-state index is 0.0951. The average Bonchev–Trinajstić information content (AvgIpc) is 3.16. The van der Waals surface area contributed by atoms with Crippen LogP contribution in [0.2, 0.25) is 0 Å². The van der Waals surface area contributed by atoms with Gasteiger partial charge >= 0.3 is 5.97 Å². The number of amides is 2. The van der Waals surface area contributed by atoms with Gasteiger partial charge in [0, 0.05) is 19.3 Å². The molecular weight excluding hydrogens is 655 g/mol. The monoisotopic (exact) mass is 746 g/mol. The van der Waals surface area contributed by atoms with Gasteiger partial charge in [0.15, 0.2) is 0 Å². The fourth-order valence-electron chi connectivity index (χ4n) is 7.20. The van der Waals surface area contributed by atoms with E-state index < -0.39 is 0 Å². The van der Waals surface area contributed by atoms with E-state index in [9.17, 15) is 14.4 Å². The van der Waals surface area contributed by atoms with Crippen LogP contribution in [0.1, 0.15) is 265 Å². The number of unbranched alkanes of at least 4 members (excludes halogenated alkanes) is 31. The van der Waals surface area contributed by atoms with E-state index in [1.54, 1.807) is 0 Å². The van der Waals surface area contributed by atoms with E-state index in [0.29, 0.717) is 19.3 Å². The van der Waals surface area contributed by atoms with Crippen LogP contribution in [0.3, 0.4) is 0 Å². The average molecular weight is 746 g/mol. The Morgan fingerprint density at radius 1 is 0.377 bits per heavy atom. The van der Waals surface area contributed by atoms with Crippen LogP contribution in [0.4, 0.5) is 0 Å². The van der Waals surface area contributed by atoms with Crippen LogP contribution < -0.4 is 0 Å². The molecule has 0 aliphatic heterocycles. The second-order valence-electron chi connectivity index (χ2n) is 16.1. The molecule has 0 fully saturated rings. The van der Waals surface area contributed by atoms with Crippen molar-refractivity contribution in [3.05, 3.63) is 12.2 Å². The van der Waals surface area contributed by atoms with Crippen molar-refractivity contribution in [3.8, 4) is 0 Å². The molecule has 312 valence electrons. The minimum Gasteiger partial charge on any atom is -0.464 e. The molecule has 0 atom stereocenters. The lowest BCUT2D eigenvalue weighted by molar-refractivity contribution is -0.151. The van der Waals surface area contributed by atoms with Gasteiger partial charge in [0.05, 0.1) is 6.54 Å². The summed E-state index contributed by atoms with van der Waals surface area (Å²) in [6.45, 7) is 7.08. The van der Waals surface area contributed by atoms with Crippen LogP contribution in [0.25, 0.3) is 0 Å². The molecule has 0 unspecified atom stereocenters. The Morgan fingerprint density at radius 3 is 1.00 bits per heavy atom. The predicted octanol–water partition coefficient (Wildman–Crippen LogP) is 15.3. The van der Waals surface area contributed by atoms with E-state index in [4.69, 9.17) is 4.74 Å². The third-order valence-corrected chi connectivity index (χ3v) is 10.8. The van der Waals surface area contributed by atoms with Gasteiger partial charge in [-0.2, -0.15) is 0 Å². The summed E-state index contributed by atoms with van der Waals surface area (Å²) in [5, 5.41) is 0. The summed E-state index contributed by atoms with van der Waals surface area (Å²) < 4.78 is 5.52. The summed E-state index contributed by atoms with van der Waals surface area (Å²) in [6.07, 6.45) is 49.0. The Balaban J connectivity index is 4.31. The summed E-state index contributed by atoms with van der Waals surface area (Å²) in [4.78, 5) is 40.3. The Kier molecular flexibility index (Phi) is 41.7. The molecule has 0 saturated heterocycles. The molecule has 0 aromatic rings. The van der Waals surface area contributed by atoms with Crippen molar-refractivity contribution in [2.45, 2.75) is 265 Å². The van der Waals surface area contributed by atoms with Crippen molar-refractivity contribution in [3.63, 3.8) is 0 Å². The molecule has 53 heavy (non-hydrogen) atoms. The third-order valence-electron chi connectivity index (χ3n) is 10.8. The minimum atomic E-state index is -0.210. The van der Waals surface area contributed by atoms with E-state index in [1.807, 2.05) is 0 Å². The Labute approximate surface area is 331 Å². The quantitative estimate of drug-likeness (QED) is 0.0354. The van der Waals surface area contributed by atoms with Crippen molar-refractivity contribution < 1.29 is 19.1 Å². The predicted molar refractivity (Wildman–Crippen MR) is 229 cm³/mol. The zero-order chi connectivity index (χ0) is 38.7. The molecule has 0 heterocycles. The van der Waals surface area contributed by atoms with Crippen LogP contribution in [-0.4, -0.2) is 35.8 Å². The second kappa shape index (κ2) is 43.1. The topological polar surface area (TPSA) is 63.7 Å². The van der Waals surface area contributed by atoms with E-state index in [-0.39, 0.29) is 30.9 Å². The van der Waals surface area contributed by atoms with Crippen molar-refractivity contribution in [2.24, 2.45) is 0 Å². The summed E-state index contributed by atoms with van der Waals surface area (Å²) in [6, 6.07) is 0. The van der Waals surface area contributed by atoms with Crippen molar-refractivity contribution in [1.82, 2.24) is 4.90 Å². The first-order valence-electron chi connectivity index (χ1n) is 23.7. The van der Waals surface area contributed by atoms with Gasteiger partial charge < -0.3 is 4.74 Å². The Bertz CT molecular complexity index is 786. The van der Waals surface area contributed by atoms with Gasteiger partial charge in [-0.15, -0.1) is 0 Å². The number of hydrogen-bond donors (Lipinski definition) is 0. The van der Waals surface area contributed by atoms with Gasteiger partial charge in [0.1, 0.15) is 6.61 Å². The molecular formula is C48H91NO4. The molecule has 0 aliphatic carbocycles. The number of nitrogens with zero attached hydrogens (tertiary/aromatic N) is 1. The summed E-state index contributed by atoms with van der Waals surface area (Å²) >= 11 is 0. The van der Waals surface area contributed by atoms with Gasteiger partial charge in [0.25, 0.3) is 0 Å². The number of allylic oxidation sites excluding steroid dienone is 2. The fourth-order valence-corrected chi connectivity index (χ4v) is 7.20. The van der Waals surface area contributed by atoms with E-state index in [2.05, 4.69) is 32.9 Å². The summed E-state index contributed by atoms with van der Waals surface area (Å²) in [7, 11) is 0. The molecule has 0 saturated carbocycles. The number of hydrogen-bond acceptors (Lipinski definition) is 4. The standard InChI is InChI=1S/C48H91NO4/c1-4-7-10-13-16-19-22-23-24-25-28-31-34-37-40-43-48(52)53-45-44-49(46(50)41-38-35-32-29-26-20-17-14-11-8-5-2)47(51)42-39-36-33-30-27-21-18-15-12-9-6-3/h23-24H,4-22,25-45H2,1-3H3/b24-23-. The van der Waals surface area contributed by atoms with Crippen LogP contribution >= 0.6 is 0 Å². The molecule has 0 aromatic carbocycles. The number of ether oxygens (including phenoxy) is 1. The van der Waals surface area contributed by atoms with Crippen LogP contribution in [0.5, 0.6) is 0 Å². The molecule has 5 heteroatoms. The maximum Gasteiger partial charge on any atom is 0.305 e. The van der Waals surface area contributed by atoms with Crippen molar-refractivity contribution in [2.75, 3.05) is 13.2 Å². The maximum absolute atomic E-state index is 13.2. The number of imide groups is 1. The lowest BCUT2D eigenvalue weighted by Crippen LogP contribution is -2.39. The number of rotatable bonds is 42. The molecule has 0 aromatic heterocycles. The summed E-state index contributed by atoms with van der Waals surface area (Å²) in [5.41, 5.74) is 0.